The van der Waals surface area contributed by atoms with Gasteiger partial charge in [0, 0.05) is 32.2 Å². The van der Waals surface area contributed by atoms with Gasteiger partial charge in [-0.1, -0.05) is 12.1 Å². The molecule has 6 nitrogen and oxygen atoms in total. The van der Waals surface area contributed by atoms with Gasteiger partial charge < -0.3 is 19.1 Å². The van der Waals surface area contributed by atoms with Crippen LogP contribution in [0.3, 0.4) is 0 Å². The molecule has 2 aliphatic heterocycles. The summed E-state index contributed by atoms with van der Waals surface area (Å²) in [5.41, 5.74) is 1.07. The summed E-state index contributed by atoms with van der Waals surface area (Å²) in [6.45, 7) is 3.35. The van der Waals surface area contributed by atoms with Gasteiger partial charge in [-0.3, -0.25) is 9.69 Å². The molecule has 2 bridgehead atoms. The SMILES string of the molecule is COc1cccc(CN2C[C@@H]3COC[C@H](C2)N(C)C3=O)c1OC. The van der Waals surface area contributed by atoms with Crippen LogP contribution in [0.15, 0.2) is 18.2 Å². The maximum Gasteiger partial charge on any atom is 0.229 e. The Labute approximate surface area is 136 Å². The Morgan fingerprint density at radius 2 is 2.04 bits per heavy atom. The van der Waals surface area contributed by atoms with E-state index in [1.165, 1.54) is 0 Å². The Morgan fingerprint density at radius 1 is 1.22 bits per heavy atom. The largest absolute Gasteiger partial charge is 0.493 e. The van der Waals surface area contributed by atoms with Crippen molar-refractivity contribution in [2.75, 3.05) is 47.6 Å². The van der Waals surface area contributed by atoms with E-state index >= 15 is 0 Å². The summed E-state index contributed by atoms with van der Waals surface area (Å²) in [7, 11) is 5.18. The quantitative estimate of drug-likeness (QED) is 0.828. The highest BCUT2D eigenvalue weighted by molar-refractivity contribution is 5.80. The van der Waals surface area contributed by atoms with E-state index in [1.54, 1.807) is 14.2 Å². The van der Waals surface area contributed by atoms with Crippen molar-refractivity contribution in [3.05, 3.63) is 23.8 Å². The molecule has 2 heterocycles. The topological polar surface area (TPSA) is 51.2 Å². The number of methoxy groups -OCH3 is 2. The predicted octanol–water partition coefficient (Wildman–Crippen LogP) is 0.993. The Hall–Kier alpha value is -1.79. The standard InChI is InChI=1S/C17H24N2O4/c1-18-14-9-19(8-13(17(18)20)10-23-11-14)7-12-5-4-6-15(21-2)16(12)22-3/h4-6,13-14H,7-11H2,1-3H3/t13-,14+/m1/s1. The number of benzene rings is 1. The Balaban J connectivity index is 1.82. The number of ether oxygens (including phenoxy) is 3. The van der Waals surface area contributed by atoms with Gasteiger partial charge in [0.05, 0.1) is 39.4 Å². The molecule has 0 aromatic heterocycles. The first-order valence-corrected chi connectivity index (χ1v) is 7.90. The molecule has 0 aliphatic carbocycles. The minimum Gasteiger partial charge on any atom is -0.493 e. The Bertz CT molecular complexity index is 578. The van der Waals surface area contributed by atoms with E-state index in [4.69, 9.17) is 14.2 Å². The highest BCUT2D eigenvalue weighted by Crippen LogP contribution is 2.32. The molecule has 1 amide bonds. The minimum absolute atomic E-state index is 0.0934. The van der Waals surface area contributed by atoms with Crippen molar-refractivity contribution in [3.63, 3.8) is 0 Å². The molecule has 2 atom stereocenters. The molecule has 1 aromatic carbocycles. The number of fused-ring (bicyclic) bond motifs is 3. The van der Waals surface area contributed by atoms with Gasteiger partial charge in [0.15, 0.2) is 11.5 Å². The van der Waals surface area contributed by atoms with E-state index in [1.807, 2.05) is 30.1 Å². The average molecular weight is 320 g/mol. The highest BCUT2D eigenvalue weighted by Gasteiger charge is 2.37. The van der Waals surface area contributed by atoms with Gasteiger partial charge in [-0.05, 0) is 6.07 Å². The maximum absolute atomic E-state index is 12.4. The number of para-hydroxylation sites is 1. The number of rotatable bonds is 4. The van der Waals surface area contributed by atoms with E-state index < -0.39 is 0 Å². The van der Waals surface area contributed by atoms with Crippen molar-refractivity contribution in [2.45, 2.75) is 12.6 Å². The van der Waals surface area contributed by atoms with Crippen LogP contribution in [0.2, 0.25) is 0 Å². The van der Waals surface area contributed by atoms with E-state index in [9.17, 15) is 4.79 Å². The van der Waals surface area contributed by atoms with Crippen LogP contribution in [0, 0.1) is 5.92 Å². The molecule has 0 N–H and O–H groups in total. The lowest BCUT2D eigenvalue weighted by Gasteiger charge is -2.29. The number of hydrogen-bond acceptors (Lipinski definition) is 5. The van der Waals surface area contributed by atoms with E-state index in [-0.39, 0.29) is 17.9 Å². The molecular formula is C17H24N2O4. The number of carbonyl (C=O) groups excluding carboxylic acids is 1. The summed E-state index contributed by atoms with van der Waals surface area (Å²) >= 11 is 0. The molecular weight excluding hydrogens is 296 g/mol. The molecule has 0 unspecified atom stereocenters. The fraction of sp³-hybridized carbons (Fsp3) is 0.588. The van der Waals surface area contributed by atoms with Gasteiger partial charge in [-0.25, -0.2) is 0 Å². The lowest BCUT2D eigenvalue weighted by atomic mass is 10.1. The van der Waals surface area contributed by atoms with Crippen LogP contribution in [0.4, 0.5) is 0 Å². The molecule has 2 fully saturated rings. The zero-order valence-corrected chi connectivity index (χ0v) is 13.9. The summed E-state index contributed by atoms with van der Waals surface area (Å²) in [6, 6.07) is 6.01. The van der Waals surface area contributed by atoms with Crippen LogP contribution >= 0.6 is 0 Å². The molecule has 126 valence electrons. The smallest absolute Gasteiger partial charge is 0.229 e. The predicted molar refractivity (Wildman–Crippen MR) is 85.7 cm³/mol. The fourth-order valence-electron chi connectivity index (χ4n) is 3.44. The summed E-state index contributed by atoms with van der Waals surface area (Å²) in [5.74, 6) is 1.59. The van der Waals surface area contributed by atoms with E-state index in [2.05, 4.69) is 4.90 Å². The third-order valence-corrected chi connectivity index (χ3v) is 4.70. The fourth-order valence-corrected chi connectivity index (χ4v) is 3.44. The Morgan fingerprint density at radius 3 is 2.78 bits per heavy atom. The van der Waals surface area contributed by atoms with Crippen molar-refractivity contribution in [1.82, 2.24) is 9.80 Å². The molecule has 23 heavy (non-hydrogen) atoms. The summed E-state index contributed by atoms with van der Waals surface area (Å²) in [5, 5.41) is 0. The van der Waals surface area contributed by atoms with Crippen LogP contribution < -0.4 is 9.47 Å². The number of carbonyl (C=O) groups is 1. The zero-order valence-electron chi connectivity index (χ0n) is 13.9. The molecule has 6 heteroatoms. The lowest BCUT2D eigenvalue weighted by Crippen LogP contribution is -2.42. The first-order chi connectivity index (χ1) is 11.1. The van der Waals surface area contributed by atoms with Crippen molar-refractivity contribution in [1.29, 1.82) is 0 Å². The molecule has 1 aromatic rings. The Kier molecular flexibility index (Phi) is 4.73. The number of likely N-dealkylation sites (N-methyl/N-ethyl adjacent to an activating group) is 1. The monoisotopic (exact) mass is 320 g/mol. The van der Waals surface area contributed by atoms with Gasteiger partial charge in [0.2, 0.25) is 5.91 Å². The van der Waals surface area contributed by atoms with E-state index in [0.717, 1.165) is 30.2 Å². The number of nitrogens with zero attached hydrogens (tertiary/aromatic N) is 2. The summed E-state index contributed by atoms with van der Waals surface area (Å²) in [4.78, 5) is 16.6. The first kappa shape index (κ1) is 16.1. The van der Waals surface area contributed by atoms with Crippen LogP contribution in [-0.2, 0) is 16.1 Å². The van der Waals surface area contributed by atoms with Crippen molar-refractivity contribution < 1.29 is 19.0 Å². The molecule has 0 spiro atoms. The summed E-state index contributed by atoms with van der Waals surface area (Å²) < 4.78 is 16.5. The van der Waals surface area contributed by atoms with Crippen molar-refractivity contribution >= 4 is 5.91 Å². The van der Waals surface area contributed by atoms with Gasteiger partial charge in [-0.2, -0.15) is 0 Å². The summed E-state index contributed by atoms with van der Waals surface area (Å²) in [6.07, 6.45) is 0. The van der Waals surface area contributed by atoms with Crippen LogP contribution in [0.5, 0.6) is 11.5 Å². The lowest BCUT2D eigenvalue weighted by molar-refractivity contribution is -0.133. The third kappa shape index (κ3) is 3.14. The molecule has 2 saturated heterocycles. The van der Waals surface area contributed by atoms with Crippen LogP contribution in [0.25, 0.3) is 0 Å². The molecule has 0 radical (unpaired) electrons. The first-order valence-electron chi connectivity index (χ1n) is 7.90. The average Bonchev–Trinajstić information content (AvgIpc) is 2.73. The second-order valence-electron chi connectivity index (χ2n) is 6.18. The van der Waals surface area contributed by atoms with Crippen LogP contribution in [0.1, 0.15) is 5.56 Å². The second kappa shape index (κ2) is 6.76. The van der Waals surface area contributed by atoms with Gasteiger partial charge in [-0.15, -0.1) is 0 Å². The zero-order chi connectivity index (χ0) is 16.4. The highest BCUT2D eigenvalue weighted by atomic mass is 16.5. The molecule has 0 saturated carbocycles. The third-order valence-electron chi connectivity index (χ3n) is 4.70. The van der Waals surface area contributed by atoms with E-state index in [0.29, 0.717) is 19.8 Å². The normalized spacial score (nSPS) is 25.2. The minimum atomic E-state index is -0.0934. The molecule has 2 aliphatic rings. The van der Waals surface area contributed by atoms with Crippen molar-refractivity contribution in [3.8, 4) is 11.5 Å². The van der Waals surface area contributed by atoms with Gasteiger partial charge in [0.25, 0.3) is 0 Å². The van der Waals surface area contributed by atoms with Crippen LogP contribution in [-0.4, -0.2) is 69.3 Å². The second-order valence-corrected chi connectivity index (χ2v) is 6.18. The number of amides is 1. The van der Waals surface area contributed by atoms with Gasteiger partial charge >= 0.3 is 0 Å². The van der Waals surface area contributed by atoms with Gasteiger partial charge in [0.1, 0.15) is 0 Å². The number of hydrogen-bond donors (Lipinski definition) is 0. The molecule has 3 rings (SSSR count). The van der Waals surface area contributed by atoms with Crippen molar-refractivity contribution in [2.24, 2.45) is 5.92 Å². The maximum atomic E-state index is 12.4.